The van der Waals surface area contributed by atoms with Crippen molar-refractivity contribution in [2.45, 2.75) is 30.8 Å². The van der Waals surface area contributed by atoms with E-state index in [9.17, 15) is 13.2 Å². The first-order valence-corrected chi connectivity index (χ1v) is 13.2. The van der Waals surface area contributed by atoms with Crippen molar-refractivity contribution >= 4 is 32.4 Å². The monoisotopic (exact) mass is 478 g/mol. The number of hydrogen-bond acceptors (Lipinski definition) is 5. The van der Waals surface area contributed by atoms with Crippen LogP contribution in [0.1, 0.15) is 18.1 Å². The Morgan fingerprint density at radius 1 is 1.00 bits per heavy atom. The lowest BCUT2D eigenvalue weighted by molar-refractivity contribution is -0.131. The highest BCUT2D eigenvalue weighted by Gasteiger charge is 2.31. The Labute approximate surface area is 200 Å². The molecule has 2 N–H and O–H groups in total. The molecule has 3 aromatic carbocycles. The van der Waals surface area contributed by atoms with Crippen LogP contribution in [0.25, 0.3) is 10.8 Å². The average Bonchev–Trinajstić information content (AvgIpc) is 3.13. The van der Waals surface area contributed by atoms with Crippen LogP contribution in [-0.2, 0) is 27.8 Å². The number of hydrogen-bond donors (Lipinski definition) is 1. The maximum atomic E-state index is 13.1. The van der Waals surface area contributed by atoms with Crippen molar-refractivity contribution in [3.05, 3.63) is 71.8 Å². The zero-order chi connectivity index (χ0) is 23.9. The van der Waals surface area contributed by atoms with Gasteiger partial charge in [0, 0.05) is 44.5 Å². The number of carbonyl (C=O) groups is 1. The molecule has 34 heavy (non-hydrogen) atoms. The van der Waals surface area contributed by atoms with Crippen LogP contribution in [-0.4, -0.2) is 62.9 Å². The van der Waals surface area contributed by atoms with E-state index in [1.165, 1.54) is 22.4 Å². The molecular formula is C26H30N4O3S. The molecule has 2 aliphatic rings. The number of benzene rings is 3. The summed E-state index contributed by atoms with van der Waals surface area (Å²) in [6, 6.07) is 20.0. The van der Waals surface area contributed by atoms with Crippen LogP contribution in [0.5, 0.6) is 0 Å². The van der Waals surface area contributed by atoms with E-state index >= 15 is 0 Å². The molecule has 1 atom stereocenters. The molecular weight excluding hydrogens is 448 g/mol. The van der Waals surface area contributed by atoms with Crippen LogP contribution in [0, 0.1) is 0 Å². The van der Waals surface area contributed by atoms with E-state index in [1.807, 2.05) is 4.90 Å². The molecule has 2 aliphatic heterocycles. The van der Waals surface area contributed by atoms with Gasteiger partial charge in [0.25, 0.3) is 0 Å². The van der Waals surface area contributed by atoms with Crippen molar-refractivity contribution in [2.75, 3.05) is 37.6 Å². The first kappa shape index (κ1) is 22.8. The smallest absolute Gasteiger partial charge is 0.242 e. The van der Waals surface area contributed by atoms with E-state index in [2.05, 4.69) is 59.2 Å². The van der Waals surface area contributed by atoms with Crippen molar-refractivity contribution in [1.29, 1.82) is 0 Å². The Morgan fingerprint density at radius 3 is 2.50 bits per heavy atom. The molecule has 0 spiro atoms. The summed E-state index contributed by atoms with van der Waals surface area (Å²) in [6.07, 6.45) is 0.699. The minimum absolute atomic E-state index is 0.111. The number of nitrogens with zero attached hydrogens (tertiary/aromatic N) is 3. The highest BCUT2D eigenvalue weighted by Crippen LogP contribution is 2.33. The van der Waals surface area contributed by atoms with E-state index < -0.39 is 10.0 Å². The molecule has 0 aliphatic carbocycles. The summed E-state index contributed by atoms with van der Waals surface area (Å²) < 4.78 is 23.4. The standard InChI is InChI=1S/C26H30N4O3S/c1-19-15-22-16-23(34(27,32)33)9-10-25(22)30(19)18-26(31)29-13-11-28(12-14-29)17-21-7-4-6-20-5-2-3-8-24(20)21/h2-10,16,19H,11-15,17-18H2,1H3,(H2,27,32,33). The van der Waals surface area contributed by atoms with Gasteiger partial charge in [-0.2, -0.15) is 0 Å². The first-order valence-electron chi connectivity index (χ1n) is 11.7. The Balaban J connectivity index is 1.21. The van der Waals surface area contributed by atoms with Gasteiger partial charge in [-0.3, -0.25) is 9.69 Å². The highest BCUT2D eigenvalue weighted by atomic mass is 32.2. The number of rotatable bonds is 5. The van der Waals surface area contributed by atoms with Gasteiger partial charge in [-0.05, 0) is 53.4 Å². The topological polar surface area (TPSA) is 86.9 Å². The van der Waals surface area contributed by atoms with Crippen molar-refractivity contribution in [3.8, 4) is 0 Å². The summed E-state index contributed by atoms with van der Waals surface area (Å²) in [5, 5.41) is 7.82. The van der Waals surface area contributed by atoms with E-state index in [0.29, 0.717) is 26.1 Å². The van der Waals surface area contributed by atoms with Crippen LogP contribution >= 0.6 is 0 Å². The predicted molar refractivity (Wildman–Crippen MR) is 134 cm³/mol. The quantitative estimate of drug-likeness (QED) is 0.609. The third-order valence-corrected chi connectivity index (χ3v) is 7.95. The second-order valence-corrected chi connectivity index (χ2v) is 10.9. The Kier molecular flexibility index (Phi) is 6.06. The van der Waals surface area contributed by atoms with Crippen LogP contribution in [0.4, 0.5) is 5.69 Å². The third kappa shape index (κ3) is 4.53. The molecule has 7 nitrogen and oxygen atoms in total. The van der Waals surface area contributed by atoms with Crippen LogP contribution in [0.15, 0.2) is 65.6 Å². The zero-order valence-corrected chi connectivity index (χ0v) is 20.2. The van der Waals surface area contributed by atoms with Gasteiger partial charge in [0.2, 0.25) is 15.9 Å². The molecule has 178 valence electrons. The maximum Gasteiger partial charge on any atom is 0.242 e. The third-order valence-electron chi connectivity index (χ3n) is 7.04. The van der Waals surface area contributed by atoms with Crippen LogP contribution < -0.4 is 10.0 Å². The highest BCUT2D eigenvalue weighted by molar-refractivity contribution is 7.89. The number of anilines is 1. The molecule has 8 heteroatoms. The summed E-state index contributed by atoms with van der Waals surface area (Å²) in [5.74, 6) is 0.111. The summed E-state index contributed by atoms with van der Waals surface area (Å²) in [4.78, 5) is 19.7. The van der Waals surface area contributed by atoms with Gasteiger partial charge in [0.15, 0.2) is 0 Å². The van der Waals surface area contributed by atoms with E-state index in [-0.39, 0.29) is 16.8 Å². The van der Waals surface area contributed by atoms with Gasteiger partial charge in [-0.1, -0.05) is 42.5 Å². The number of nitrogens with two attached hydrogens (primary N) is 1. The fraction of sp³-hybridized carbons (Fsp3) is 0.346. The molecule has 1 amide bonds. The molecule has 1 saturated heterocycles. The minimum atomic E-state index is -3.74. The molecule has 5 rings (SSSR count). The lowest BCUT2D eigenvalue weighted by Gasteiger charge is -2.36. The van der Waals surface area contributed by atoms with Gasteiger partial charge in [0.1, 0.15) is 0 Å². The van der Waals surface area contributed by atoms with Crippen LogP contribution in [0.2, 0.25) is 0 Å². The summed E-state index contributed by atoms with van der Waals surface area (Å²) >= 11 is 0. The molecule has 0 saturated carbocycles. The molecule has 0 radical (unpaired) electrons. The Bertz CT molecular complexity index is 1330. The van der Waals surface area contributed by atoms with Gasteiger partial charge >= 0.3 is 0 Å². The number of amides is 1. The fourth-order valence-electron chi connectivity index (χ4n) is 5.16. The predicted octanol–water partition coefficient (Wildman–Crippen LogP) is 2.58. The second kappa shape index (κ2) is 9.02. The van der Waals surface area contributed by atoms with Crippen molar-refractivity contribution in [1.82, 2.24) is 9.80 Å². The van der Waals surface area contributed by atoms with E-state index in [0.717, 1.165) is 30.9 Å². The van der Waals surface area contributed by atoms with Gasteiger partial charge < -0.3 is 9.80 Å². The van der Waals surface area contributed by atoms with Crippen LogP contribution in [0.3, 0.4) is 0 Å². The van der Waals surface area contributed by atoms with E-state index in [4.69, 9.17) is 5.14 Å². The Morgan fingerprint density at radius 2 is 1.74 bits per heavy atom. The van der Waals surface area contributed by atoms with E-state index in [1.54, 1.807) is 12.1 Å². The number of piperazine rings is 1. The molecule has 0 aromatic heterocycles. The summed E-state index contributed by atoms with van der Waals surface area (Å²) in [7, 11) is -3.74. The Hall–Kier alpha value is -2.94. The van der Waals surface area contributed by atoms with Crippen molar-refractivity contribution in [3.63, 3.8) is 0 Å². The molecule has 0 bridgehead atoms. The fourth-order valence-corrected chi connectivity index (χ4v) is 5.73. The number of carbonyl (C=O) groups excluding carboxylic acids is 1. The lowest BCUT2D eigenvalue weighted by Crippen LogP contribution is -2.51. The average molecular weight is 479 g/mol. The molecule has 2 heterocycles. The summed E-state index contributed by atoms with van der Waals surface area (Å²) in [5.41, 5.74) is 3.16. The number of primary sulfonamides is 1. The zero-order valence-electron chi connectivity index (χ0n) is 19.4. The first-order chi connectivity index (χ1) is 16.3. The largest absolute Gasteiger partial charge is 0.359 e. The SMILES string of the molecule is CC1Cc2cc(S(N)(=O)=O)ccc2N1CC(=O)N1CCN(Cc2cccc3ccccc23)CC1. The van der Waals surface area contributed by atoms with Crippen molar-refractivity contribution in [2.24, 2.45) is 5.14 Å². The second-order valence-electron chi connectivity index (χ2n) is 9.31. The summed E-state index contributed by atoms with van der Waals surface area (Å²) in [6.45, 7) is 6.36. The maximum absolute atomic E-state index is 13.1. The lowest BCUT2D eigenvalue weighted by atomic mass is 10.0. The minimum Gasteiger partial charge on any atom is -0.359 e. The van der Waals surface area contributed by atoms with Gasteiger partial charge in [0.05, 0.1) is 11.4 Å². The number of sulfonamides is 1. The molecule has 1 unspecified atom stereocenters. The molecule has 3 aromatic rings. The number of fused-ring (bicyclic) bond motifs is 2. The van der Waals surface area contributed by atoms with Gasteiger partial charge in [-0.15, -0.1) is 0 Å². The van der Waals surface area contributed by atoms with Gasteiger partial charge in [-0.25, -0.2) is 13.6 Å². The molecule has 1 fully saturated rings. The van der Waals surface area contributed by atoms with Crippen molar-refractivity contribution < 1.29 is 13.2 Å². The normalized spacial score (nSPS) is 18.9.